The lowest BCUT2D eigenvalue weighted by atomic mass is 10.1. The number of ether oxygens (including phenoxy) is 1. The first-order valence-electron chi connectivity index (χ1n) is 8.12. The summed E-state index contributed by atoms with van der Waals surface area (Å²) in [4.78, 5) is 0. The molecule has 2 aromatic carbocycles. The maximum absolute atomic E-state index is 9.95. The molecule has 3 aromatic rings. The number of aliphatic hydroxyl groups is 1. The minimum absolute atomic E-state index is 0.233. The number of rotatable bonds is 7. The van der Waals surface area contributed by atoms with Gasteiger partial charge in [-0.15, -0.1) is 0 Å². The molecule has 1 atom stereocenters. The quantitative estimate of drug-likeness (QED) is 0.698. The number of fused-ring (bicyclic) bond motifs is 1. The molecule has 0 aliphatic heterocycles. The molecule has 3 rings (SSSR count). The van der Waals surface area contributed by atoms with Crippen LogP contribution in [0.3, 0.4) is 0 Å². The van der Waals surface area contributed by atoms with Gasteiger partial charge in [0.05, 0.1) is 5.39 Å². The zero-order chi connectivity index (χ0) is 16.9. The Hall–Kier alpha value is -2.37. The molecule has 24 heavy (non-hydrogen) atoms. The van der Waals surface area contributed by atoms with Crippen LogP contribution in [0.1, 0.15) is 13.8 Å². The van der Waals surface area contributed by atoms with Gasteiger partial charge in [0.2, 0.25) is 0 Å². The predicted molar refractivity (Wildman–Crippen MR) is 94.1 cm³/mol. The monoisotopic (exact) mass is 326 g/mol. The Morgan fingerprint density at radius 1 is 1.17 bits per heavy atom. The van der Waals surface area contributed by atoms with Crippen LogP contribution in [0.2, 0.25) is 0 Å². The van der Waals surface area contributed by atoms with Gasteiger partial charge in [0, 0.05) is 18.2 Å². The number of hydrogen-bond donors (Lipinski definition) is 2. The van der Waals surface area contributed by atoms with E-state index in [4.69, 9.17) is 9.26 Å². The lowest BCUT2D eigenvalue weighted by molar-refractivity contribution is 0.105. The van der Waals surface area contributed by atoms with Crippen molar-refractivity contribution in [3.63, 3.8) is 0 Å². The van der Waals surface area contributed by atoms with Gasteiger partial charge >= 0.3 is 0 Å². The van der Waals surface area contributed by atoms with Crippen LogP contribution in [0.4, 0.5) is 0 Å². The fraction of sp³-hybridized carbons (Fsp3) is 0.316. The molecular weight excluding hydrogens is 304 g/mol. The molecule has 126 valence electrons. The SMILES string of the molecule is CC(C)NCC(O)COc1ccc2onc(-c3ccccc3)c2c1. The first kappa shape index (κ1) is 16.5. The van der Waals surface area contributed by atoms with Crippen LogP contribution in [0.25, 0.3) is 22.2 Å². The predicted octanol–water partition coefficient (Wildman–Crippen LogP) is 3.23. The lowest BCUT2D eigenvalue weighted by Gasteiger charge is -2.15. The van der Waals surface area contributed by atoms with Crippen molar-refractivity contribution < 1.29 is 14.4 Å². The zero-order valence-corrected chi connectivity index (χ0v) is 13.9. The van der Waals surface area contributed by atoms with Crippen molar-refractivity contribution in [2.45, 2.75) is 26.0 Å². The Morgan fingerprint density at radius 3 is 2.71 bits per heavy atom. The molecule has 0 spiro atoms. The van der Waals surface area contributed by atoms with Crippen LogP contribution in [0, 0.1) is 0 Å². The third-order valence-corrected chi connectivity index (χ3v) is 3.69. The van der Waals surface area contributed by atoms with Crippen LogP contribution in [-0.2, 0) is 0 Å². The number of nitrogens with zero attached hydrogens (tertiary/aromatic N) is 1. The van der Waals surface area contributed by atoms with E-state index in [2.05, 4.69) is 10.5 Å². The topological polar surface area (TPSA) is 67.5 Å². The minimum Gasteiger partial charge on any atom is -0.491 e. The Morgan fingerprint density at radius 2 is 1.96 bits per heavy atom. The van der Waals surface area contributed by atoms with Gasteiger partial charge in [0.1, 0.15) is 24.2 Å². The van der Waals surface area contributed by atoms with E-state index in [0.717, 1.165) is 16.6 Å². The summed E-state index contributed by atoms with van der Waals surface area (Å²) in [6.07, 6.45) is -0.556. The molecule has 0 radical (unpaired) electrons. The molecular formula is C19H22N2O3. The summed E-state index contributed by atoms with van der Waals surface area (Å²) < 4.78 is 11.1. The first-order valence-corrected chi connectivity index (χ1v) is 8.12. The number of aromatic nitrogens is 1. The first-order chi connectivity index (χ1) is 11.6. The van der Waals surface area contributed by atoms with E-state index in [-0.39, 0.29) is 6.61 Å². The molecule has 5 nitrogen and oxygen atoms in total. The molecule has 0 aliphatic carbocycles. The van der Waals surface area contributed by atoms with Gasteiger partial charge in [0.15, 0.2) is 5.58 Å². The second-order valence-corrected chi connectivity index (χ2v) is 6.08. The standard InChI is InChI=1S/C19H22N2O3/c1-13(2)20-11-15(22)12-23-16-8-9-18-17(10-16)19(21-24-18)14-6-4-3-5-7-14/h3-10,13,15,20,22H,11-12H2,1-2H3. The summed E-state index contributed by atoms with van der Waals surface area (Å²) in [5.41, 5.74) is 2.50. The molecule has 0 fully saturated rings. The van der Waals surface area contributed by atoms with Gasteiger partial charge in [-0.25, -0.2) is 0 Å². The molecule has 0 aliphatic rings. The van der Waals surface area contributed by atoms with E-state index in [9.17, 15) is 5.11 Å². The number of nitrogens with one attached hydrogen (secondary N) is 1. The van der Waals surface area contributed by atoms with Crippen molar-refractivity contribution in [2.24, 2.45) is 0 Å². The molecule has 0 saturated heterocycles. The van der Waals surface area contributed by atoms with Crippen molar-refractivity contribution >= 4 is 11.0 Å². The maximum Gasteiger partial charge on any atom is 0.167 e. The highest BCUT2D eigenvalue weighted by Crippen LogP contribution is 2.30. The van der Waals surface area contributed by atoms with E-state index < -0.39 is 6.10 Å². The molecule has 0 saturated carbocycles. The Labute approximate surface area is 141 Å². The second-order valence-electron chi connectivity index (χ2n) is 6.08. The van der Waals surface area contributed by atoms with Gasteiger partial charge in [-0.2, -0.15) is 0 Å². The van der Waals surface area contributed by atoms with E-state index in [1.165, 1.54) is 0 Å². The normalized spacial score (nSPS) is 12.7. The fourth-order valence-corrected chi connectivity index (χ4v) is 2.43. The van der Waals surface area contributed by atoms with Gasteiger partial charge in [0.25, 0.3) is 0 Å². The van der Waals surface area contributed by atoms with Crippen LogP contribution in [0.5, 0.6) is 5.75 Å². The highest BCUT2D eigenvalue weighted by molar-refractivity contribution is 5.92. The van der Waals surface area contributed by atoms with Crippen LogP contribution < -0.4 is 10.1 Å². The molecule has 2 N–H and O–H groups in total. The maximum atomic E-state index is 9.95. The summed E-state index contributed by atoms with van der Waals surface area (Å²) >= 11 is 0. The second kappa shape index (κ2) is 7.47. The molecule has 1 unspecified atom stereocenters. The summed E-state index contributed by atoms with van der Waals surface area (Å²) in [7, 11) is 0. The largest absolute Gasteiger partial charge is 0.491 e. The number of hydrogen-bond acceptors (Lipinski definition) is 5. The van der Waals surface area contributed by atoms with Crippen molar-refractivity contribution in [2.75, 3.05) is 13.2 Å². The average molecular weight is 326 g/mol. The lowest BCUT2D eigenvalue weighted by Crippen LogP contribution is -2.35. The zero-order valence-electron chi connectivity index (χ0n) is 13.9. The third kappa shape index (κ3) is 3.93. The molecule has 5 heteroatoms. The van der Waals surface area contributed by atoms with E-state index in [0.29, 0.717) is 23.9 Å². The summed E-state index contributed by atoms with van der Waals surface area (Å²) in [6, 6.07) is 15.8. The van der Waals surface area contributed by atoms with Gasteiger partial charge in [-0.3, -0.25) is 0 Å². The fourth-order valence-electron chi connectivity index (χ4n) is 2.43. The average Bonchev–Trinajstić information content (AvgIpc) is 3.02. The number of benzene rings is 2. The van der Waals surface area contributed by atoms with Crippen molar-refractivity contribution in [3.05, 3.63) is 48.5 Å². The van der Waals surface area contributed by atoms with E-state index >= 15 is 0 Å². The van der Waals surface area contributed by atoms with Crippen LogP contribution in [-0.4, -0.2) is 35.6 Å². The smallest absolute Gasteiger partial charge is 0.167 e. The van der Waals surface area contributed by atoms with Gasteiger partial charge in [-0.1, -0.05) is 49.3 Å². The Kier molecular flexibility index (Phi) is 5.13. The van der Waals surface area contributed by atoms with E-state index in [1.807, 2.05) is 62.4 Å². The van der Waals surface area contributed by atoms with Crippen molar-refractivity contribution in [1.82, 2.24) is 10.5 Å². The van der Waals surface area contributed by atoms with Crippen LogP contribution >= 0.6 is 0 Å². The van der Waals surface area contributed by atoms with Crippen LogP contribution in [0.15, 0.2) is 53.1 Å². The summed E-state index contributed by atoms with van der Waals surface area (Å²) in [6.45, 7) is 4.82. The van der Waals surface area contributed by atoms with Gasteiger partial charge < -0.3 is 19.7 Å². The Balaban J connectivity index is 1.74. The minimum atomic E-state index is -0.556. The summed E-state index contributed by atoms with van der Waals surface area (Å²) in [5.74, 6) is 0.687. The molecule has 1 heterocycles. The molecule has 1 aromatic heterocycles. The van der Waals surface area contributed by atoms with Crippen molar-refractivity contribution in [1.29, 1.82) is 0 Å². The Bertz CT molecular complexity index is 784. The third-order valence-electron chi connectivity index (χ3n) is 3.69. The summed E-state index contributed by atoms with van der Waals surface area (Å²) in [5, 5.41) is 18.2. The van der Waals surface area contributed by atoms with Crippen molar-refractivity contribution in [3.8, 4) is 17.0 Å². The highest BCUT2D eigenvalue weighted by atomic mass is 16.5. The molecule has 0 bridgehead atoms. The van der Waals surface area contributed by atoms with Gasteiger partial charge in [-0.05, 0) is 18.2 Å². The molecule has 0 amide bonds. The number of aliphatic hydroxyl groups excluding tert-OH is 1. The van der Waals surface area contributed by atoms with E-state index in [1.54, 1.807) is 0 Å². The highest BCUT2D eigenvalue weighted by Gasteiger charge is 2.12.